The van der Waals surface area contributed by atoms with Gasteiger partial charge in [0.1, 0.15) is 6.10 Å². The lowest BCUT2D eigenvalue weighted by atomic mass is 10.0. The highest BCUT2D eigenvalue weighted by atomic mass is 16.5. The van der Waals surface area contributed by atoms with Gasteiger partial charge in [0.25, 0.3) is 5.91 Å². The highest BCUT2D eigenvalue weighted by Gasteiger charge is 2.27. The molecule has 140 valence electrons. The van der Waals surface area contributed by atoms with E-state index in [4.69, 9.17) is 9.47 Å². The molecular weight excluding hydrogens is 332 g/mol. The molecule has 0 saturated carbocycles. The second-order valence-corrected chi connectivity index (χ2v) is 7.21. The van der Waals surface area contributed by atoms with Gasteiger partial charge in [-0.2, -0.15) is 0 Å². The number of rotatable bonds is 5. The van der Waals surface area contributed by atoms with E-state index in [9.17, 15) is 9.59 Å². The Kier molecular flexibility index (Phi) is 5.32. The predicted molar refractivity (Wildman–Crippen MR) is 99.0 cm³/mol. The number of methoxy groups -OCH3 is 1. The molecule has 1 atom stereocenters. The van der Waals surface area contributed by atoms with Crippen molar-refractivity contribution < 1.29 is 19.1 Å². The summed E-state index contributed by atoms with van der Waals surface area (Å²) in [6.45, 7) is 7.70. The van der Waals surface area contributed by atoms with E-state index in [0.717, 1.165) is 28.6 Å². The maximum Gasteiger partial charge on any atom is 0.337 e. The number of carbonyl (C=O) groups is 2. The number of amides is 1. The highest BCUT2D eigenvalue weighted by Crippen LogP contribution is 2.29. The minimum Gasteiger partial charge on any atom is -0.465 e. The normalized spacial score (nSPS) is 15.2. The van der Waals surface area contributed by atoms with Crippen LogP contribution in [0.15, 0.2) is 18.2 Å². The quantitative estimate of drug-likeness (QED) is 0.834. The Morgan fingerprint density at radius 2 is 2.04 bits per heavy atom. The molecule has 0 fully saturated rings. The number of hydrogen-bond donors (Lipinski definition) is 1. The maximum absolute atomic E-state index is 12.7. The maximum atomic E-state index is 12.7. The van der Waals surface area contributed by atoms with Crippen LogP contribution in [-0.4, -0.2) is 48.1 Å². The molecule has 6 nitrogen and oxygen atoms in total. The van der Waals surface area contributed by atoms with Crippen molar-refractivity contribution in [2.75, 3.05) is 20.3 Å². The van der Waals surface area contributed by atoms with Crippen LogP contribution >= 0.6 is 0 Å². The van der Waals surface area contributed by atoms with Gasteiger partial charge < -0.3 is 19.4 Å². The van der Waals surface area contributed by atoms with Crippen molar-refractivity contribution in [3.63, 3.8) is 0 Å². The number of carbonyl (C=O) groups excluding carboxylic acids is 2. The Labute approximate surface area is 153 Å². The first-order chi connectivity index (χ1) is 12.4. The summed E-state index contributed by atoms with van der Waals surface area (Å²) < 4.78 is 10.5. The van der Waals surface area contributed by atoms with E-state index < -0.39 is 6.10 Å². The molecule has 0 bridgehead atoms. The predicted octanol–water partition coefficient (Wildman–Crippen LogP) is 2.90. The molecule has 2 heterocycles. The third-order valence-electron chi connectivity index (χ3n) is 4.74. The van der Waals surface area contributed by atoms with Crippen LogP contribution in [-0.2, 0) is 27.2 Å². The lowest BCUT2D eigenvalue weighted by Crippen LogP contribution is -2.42. The smallest absolute Gasteiger partial charge is 0.337 e. The Hall–Kier alpha value is -2.34. The van der Waals surface area contributed by atoms with Gasteiger partial charge in [0, 0.05) is 48.3 Å². The number of aromatic amines is 1. The molecule has 1 aromatic heterocycles. The molecule has 0 spiro atoms. The van der Waals surface area contributed by atoms with Gasteiger partial charge in [-0.25, -0.2) is 4.79 Å². The molecule has 0 unspecified atom stereocenters. The van der Waals surface area contributed by atoms with E-state index in [1.807, 2.05) is 24.0 Å². The average Bonchev–Trinajstić information content (AvgIpc) is 3.01. The van der Waals surface area contributed by atoms with Crippen LogP contribution < -0.4 is 0 Å². The second kappa shape index (κ2) is 7.50. The number of fused-ring (bicyclic) bond motifs is 3. The van der Waals surface area contributed by atoms with Gasteiger partial charge in [0.05, 0.1) is 12.7 Å². The van der Waals surface area contributed by atoms with Crippen LogP contribution in [0.3, 0.4) is 0 Å². The van der Waals surface area contributed by atoms with Crippen LogP contribution in [0.1, 0.15) is 42.4 Å². The summed E-state index contributed by atoms with van der Waals surface area (Å²) in [5.74, 6) is 0.0413. The van der Waals surface area contributed by atoms with E-state index in [-0.39, 0.29) is 11.9 Å². The van der Waals surface area contributed by atoms with Crippen molar-refractivity contribution in [2.24, 2.45) is 5.92 Å². The average molecular weight is 358 g/mol. The molecule has 26 heavy (non-hydrogen) atoms. The number of nitrogens with one attached hydrogen (secondary N) is 1. The van der Waals surface area contributed by atoms with Gasteiger partial charge in [-0.05, 0) is 31.0 Å². The zero-order valence-electron chi connectivity index (χ0n) is 15.8. The molecule has 6 heteroatoms. The molecular formula is C20H26N2O4. The molecule has 2 aromatic rings. The van der Waals surface area contributed by atoms with Gasteiger partial charge in [-0.3, -0.25) is 4.79 Å². The third-order valence-corrected chi connectivity index (χ3v) is 4.74. The molecule has 1 N–H and O–H groups in total. The highest BCUT2D eigenvalue weighted by molar-refractivity contribution is 5.96. The first kappa shape index (κ1) is 18.5. The molecule has 1 aromatic carbocycles. The monoisotopic (exact) mass is 358 g/mol. The van der Waals surface area contributed by atoms with Gasteiger partial charge in [0.15, 0.2) is 0 Å². The summed E-state index contributed by atoms with van der Waals surface area (Å²) in [4.78, 5) is 29.8. The number of ether oxygens (including phenoxy) is 2. The number of hydrogen-bond acceptors (Lipinski definition) is 4. The topological polar surface area (TPSA) is 71.6 Å². The van der Waals surface area contributed by atoms with Crippen molar-refractivity contribution in [3.8, 4) is 0 Å². The van der Waals surface area contributed by atoms with E-state index in [2.05, 4.69) is 18.8 Å². The first-order valence-corrected chi connectivity index (χ1v) is 9.03. The van der Waals surface area contributed by atoms with E-state index >= 15 is 0 Å². The summed E-state index contributed by atoms with van der Waals surface area (Å²) in [7, 11) is 1.37. The van der Waals surface area contributed by atoms with E-state index in [1.54, 1.807) is 6.07 Å². The summed E-state index contributed by atoms with van der Waals surface area (Å²) in [6.07, 6.45) is 0.315. The minimum atomic E-state index is -0.449. The van der Waals surface area contributed by atoms with Gasteiger partial charge in [-0.1, -0.05) is 13.8 Å². The molecule has 0 radical (unpaired) electrons. The van der Waals surface area contributed by atoms with Crippen molar-refractivity contribution in [2.45, 2.75) is 39.8 Å². The fourth-order valence-corrected chi connectivity index (χ4v) is 3.31. The fourth-order valence-electron chi connectivity index (χ4n) is 3.31. The third kappa shape index (κ3) is 3.60. The van der Waals surface area contributed by atoms with Crippen LogP contribution in [0.2, 0.25) is 0 Å². The number of esters is 1. The summed E-state index contributed by atoms with van der Waals surface area (Å²) in [5, 5.41) is 0.969. The van der Waals surface area contributed by atoms with E-state index in [0.29, 0.717) is 31.2 Å². The number of nitrogens with zero attached hydrogens (tertiary/aromatic N) is 1. The molecule has 0 aliphatic carbocycles. The van der Waals surface area contributed by atoms with Crippen molar-refractivity contribution in [1.29, 1.82) is 0 Å². The summed E-state index contributed by atoms with van der Waals surface area (Å²) in [6, 6.07) is 5.48. The van der Waals surface area contributed by atoms with Gasteiger partial charge >= 0.3 is 5.97 Å². The molecule has 1 aliphatic rings. The van der Waals surface area contributed by atoms with Crippen molar-refractivity contribution in [3.05, 3.63) is 35.0 Å². The Bertz CT molecular complexity index is 825. The minimum absolute atomic E-state index is 0.00905. The first-order valence-electron chi connectivity index (χ1n) is 9.03. The summed E-state index contributed by atoms with van der Waals surface area (Å²) >= 11 is 0. The molecule has 3 rings (SSSR count). The molecule has 1 aliphatic heterocycles. The Balaban J connectivity index is 1.82. The van der Waals surface area contributed by atoms with Crippen LogP contribution in [0.4, 0.5) is 0 Å². The van der Waals surface area contributed by atoms with E-state index in [1.165, 1.54) is 7.11 Å². The zero-order chi connectivity index (χ0) is 18.8. The molecule has 0 saturated heterocycles. The Morgan fingerprint density at radius 3 is 2.73 bits per heavy atom. The number of aromatic nitrogens is 1. The summed E-state index contributed by atoms with van der Waals surface area (Å²) in [5.41, 5.74) is 3.68. The van der Waals surface area contributed by atoms with Crippen LogP contribution in [0.25, 0.3) is 10.9 Å². The largest absolute Gasteiger partial charge is 0.465 e. The van der Waals surface area contributed by atoms with Crippen LogP contribution in [0, 0.1) is 5.92 Å². The molecule has 1 amide bonds. The lowest BCUT2D eigenvalue weighted by Gasteiger charge is -2.29. The zero-order valence-corrected chi connectivity index (χ0v) is 15.8. The van der Waals surface area contributed by atoms with Gasteiger partial charge in [-0.15, -0.1) is 0 Å². The Morgan fingerprint density at radius 1 is 1.27 bits per heavy atom. The second-order valence-electron chi connectivity index (χ2n) is 7.21. The number of benzene rings is 1. The lowest BCUT2D eigenvalue weighted by molar-refractivity contribution is -0.144. The standard InChI is InChI=1S/C20H26N2O4/c1-12(2)11-26-13(3)19(23)22-8-7-18-16(10-22)15-9-14(20(24)25-4)5-6-17(15)21-18/h5-6,9,12-13,21H,7-8,10-11H2,1-4H3/t13-/m1/s1. The van der Waals surface area contributed by atoms with Crippen molar-refractivity contribution >= 4 is 22.8 Å². The van der Waals surface area contributed by atoms with Crippen LogP contribution in [0.5, 0.6) is 0 Å². The van der Waals surface area contributed by atoms with Crippen molar-refractivity contribution in [1.82, 2.24) is 9.88 Å². The number of H-pyrrole nitrogens is 1. The SMILES string of the molecule is COC(=O)c1ccc2[nH]c3c(c2c1)CN(C(=O)[C@@H](C)OCC(C)C)CC3. The van der Waals surface area contributed by atoms with Gasteiger partial charge in [0.2, 0.25) is 0 Å². The fraction of sp³-hybridized carbons (Fsp3) is 0.500.